The highest BCUT2D eigenvalue weighted by atomic mass is 79.9. The smallest absolute Gasteiger partial charge is 0.170 e. The van der Waals surface area contributed by atoms with Crippen LogP contribution in [0.5, 0.6) is 0 Å². The van der Waals surface area contributed by atoms with Crippen LogP contribution in [0.2, 0.25) is 5.02 Å². The number of nitrogens with one attached hydrogen (secondary N) is 1. The fraction of sp³-hybridized carbons (Fsp3) is 0.0714. The van der Waals surface area contributed by atoms with Crippen LogP contribution < -0.4 is 11.1 Å². The fourth-order valence-electron chi connectivity index (χ4n) is 1.82. The highest BCUT2D eigenvalue weighted by molar-refractivity contribution is 9.10. The number of hydrogen-bond acceptors (Lipinski definition) is 3. The monoisotopic (exact) mass is 371 g/mol. The quantitative estimate of drug-likeness (QED) is 0.329. The third-order valence-corrected chi connectivity index (χ3v) is 3.66. The number of anilines is 1. The number of nitrogens with zero attached hydrogens (tertiary/aromatic N) is 1. The van der Waals surface area contributed by atoms with Crippen LogP contribution in [0, 0.1) is 5.82 Å². The van der Waals surface area contributed by atoms with E-state index in [1.165, 1.54) is 12.1 Å². The molecule has 0 unspecified atom stereocenters. The Labute approximate surface area is 134 Å². The first-order valence-corrected chi connectivity index (χ1v) is 7.13. The van der Waals surface area contributed by atoms with Gasteiger partial charge >= 0.3 is 0 Å². The molecule has 0 heterocycles. The van der Waals surface area contributed by atoms with Gasteiger partial charge in [0, 0.05) is 16.6 Å². The molecule has 0 aliphatic rings. The summed E-state index contributed by atoms with van der Waals surface area (Å²) in [5.74, 6) is -0.602. The third kappa shape index (κ3) is 3.86. The van der Waals surface area contributed by atoms with Gasteiger partial charge in [-0.3, -0.25) is 0 Å². The lowest BCUT2D eigenvalue weighted by atomic mass is 10.1. The molecule has 110 valence electrons. The zero-order valence-electron chi connectivity index (χ0n) is 10.8. The molecule has 0 aliphatic carbocycles. The van der Waals surface area contributed by atoms with Crippen LogP contribution in [0.1, 0.15) is 11.1 Å². The van der Waals surface area contributed by atoms with Crippen molar-refractivity contribution in [2.45, 2.75) is 6.54 Å². The zero-order chi connectivity index (χ0) is 15.4. The predicted molar refractivity (Wildman–Crippen MR) is 85.4 cm³/mol. The Morgan fingerprint density at radius 2 is 2.10 bits per heavy atom. The lowest BCUT2D eigenvalue weighted by molar-refractivity contribution is 0.318. The van der Waals surface area contributed by atoms with Crippen LogP contribution >= 0.6 is 27.5 Å². The summed E-state index contributed by atoms with van der Waals surface area (Å²) in [6.07, 6.45) is 0. The standard InChI is InChI=1S/C14H12BrClFN3O/c15-9-2-4-13(12(16)5-9)19-7-8-1-3-10(17)6-11(8)14(18)20-21/h1-6,19,21H,7H2,(H2,18,20). The van der Waals surface area contributed by atoms with Crippen molar-refractivity contribution in [1.29, 1.82) is 0 Å². The second-order valence-electron chi connectivity index (χ2n) is 4.26. The van der Waals surface area contributed by atoms with E-state index in [1.54, 1.807) is 12.1 Å². The summed E-state index contributed by atoms with van der Waals surface area (Å²) in [5, 5.41) is 15.4. The van der Waals surface area contributed by atoms with Gasteiger partial charge in [0.05, 0.1) is 10.7 Å². The Bertz CT molecular complexity index is 694. The van der Waals surface area contributed by atoms with Crippen molar-refractivity contribution in [2.24, 2.45) is 10.9 Å². The molecule has 0 amide bonds. The summed E-state index contributed by atoms with van der Waals surface area (Å²) in [4.78, 5) is 0. The molecule has 0 fully saturated rings. The first-order chi connectivity index (χ1) is 10.0. The van der Waals surface area contributed by atoms with Gasteiger partial charge in [-0.1, -0.05) is 38.8 Å². The molecule has 2 rings (SSSR count). The Hall–Kier alpha value is -1.79. The minimum absolute atomic E-state index is 0.145. The van der Waals surface area contributed by atoms with Gasteiger partial charge in [0.2, 0.25) is 0 Å². The molecule has 0 saturated carbocycles. The number of benzene rings is 2. The van der Waals surface area contributed by atoms with Crippen LogP contribution in [0.4, 0.5) is 10.1 Å². The van der Waals surface area contributed by atoms with E-state index in [1.807, 2.05) is 12.1 Å². The summed E-state index contributed by atoms with van der Waals surface area (Å²) in [6.45, 7) is 0.354. The van der Waals surface area contributed by atoms with Crippen molar-refractivity contribution in [3.63, 3.8) is 0 Å². The van der Waals surface area contributed by atoms with Crippen LogP contribution in [-0.4, -0.2) is 11.0 Å². The van der Waals surface area contributed by atoms with Crippen molar-refractivity contribution in [1.82, 2.24) is 0 Å². The molecule has 0 bridgehead atoms. The summed E-state index contributed by atoms with van der Waals surface area (Å²) >= 11 is 9.44. The first kappa shape index (κ1) is 15.6. The highest BCUT2D eigenvalue weighted by Gasteiger charge is 2.09. The average molecular weight is 373 g/mol. The lowest BCUT2D eigenvalue weighted by Crippen LogP contribution is -2.17. The predicted octanol–water partition coefficient (Wildman–Crippen LogP) is 3.95. The number of oxime groups is 1. The first-order valence-electron chi connectivity index (χ1n) is 5.96. The van der Waals surface area contributed by atoms with Crippen LogP contribution in [0.3, 0.4) is 0 Å². The molecule has 0 atom stereocenters. The van der Waals surface area contributed by atoms with Gasteiger partial charge in [-0.15, -0.1) is 0 Å². The van der Waals surface area contributed by atoms with E-state index in [2.05, 4.69) is 26.4 Å². The Kier molecular flexibility index (Phi) is 5.03. The Morgan fingerprint density at radius 1 is 1.33 bits per heavy atom. The maximum absolute atomic E-state index is 13.3. The summed E-state index contributed by atoms with van der Waals surface area (Å²) in [7, 11) is 0. The number of rotatable bonds is 4. The summed E-state index contributed by atoms with van der Waals surface area (Å²) < 4.78 is 14.1. The lowest BCUT2D eigenvalue weighted by Gasteiger charge is -2.12. The molecule has 2 aromatic carbocycles. The minimum Gasteiger partial charge on any atom is -0.409 e. The molecule has 0 radical (unpaired) electrons. The van der Waals surface area contributed by atoms with Crippen molar-refractivity contribution >= 4 is 39.1 Å². The Morgan fingerprint density at radius 3 is 2.76 bits per heavy atom. The van der Waals surface area contributed by atoms with Gasteiger partial charge in [-0.25, -0.2) is 4.39 Å². The second-order valence-corrected chi connectivity index (χ2v) is 5.59. The molecular weight excluding hydrogens is 361 g/mol. The van der Waals surface area contributed by atoms with E-state index in [4.69, 9.17) is 22.5 Å². The van der Waals surface area contributed by atoms with E-state index < -0.39 is 5.82 Å². The third-order valence-electron chi connectivity index (χ3n) is 2.86. The van der Waals surface area contributed by atoms with Gasteiger partial charge in [0.1, 0.15) is 5.82 Å². The van der Waals surface area contributed by atoms with E-state index in [9.17, 15) is 4.39 Å². The molecule has 21 heavy (non-hydrogen) atoms. The number of amidine groups is 1. The number of hydrogen-bond donors (Lipinski definition) is 3. The van der Waals surface area contributed by atoms with E-state index in [0.29, 0.717) is 22.7 Å². The molecule has 0 aliphatic heterocycles. The Balaban J connectivity index is 2.24. The topological polar surface area (TPSA) is 70.6 Å². The van der Waals surface area contributed by atoms with Gasteiger partial charge in [-0.05, 0) is 35.9 Å². The van der Waals surface area contributed by atoms with Gasteiger partial charge in [0.25, 0.3) is 0 Å². The molecule has 0 spiro atoms. The molecule has 4 N–H and O–H groups in total. The molecule has 0 saturated heterocycles. The van der Waals surface area contributed by atoms with Gasteiger partial charge in [0.15, 0.2) is 5.84 Å². The van der Waals surface area contributed by atoms with Crippen LogP contribution in [0.15, 0.2) is 46.0 Å². The molecular formula is C14H12BrClFN3O. The normalized spacial score (nSPS) is 11.5. The average Bonchev–Trinajstić information content (AvgIpc) is 2.46. The van der Waals surface area contributed by atoms with Crippen LogP contribution in [0.25, 0.3) is 0 Å². The van der Waals surface area contributed by atoms with Crippen molar-refractivity contribution in [3.8, 4) is 0 Å². The zero-order valence-corrected chi connectivity index (χ0v) is 13.1. The molecule has 7 heteroatoms. The maximum atomic E-state index is 13.3. The molecule has 4 nitrogen and oxygen atoms in total. The minimum atomic E-state index is -0.456. The summed E-state index contributed by atoms with van der Waals surface area (Å²) in [6, 6.07) is 9.54. The van der Waals surface area contributed by atoms with Crippen LogP contribution in [-0.2, 0) is 6.54 Å². The number of nitrogens with two attached hydrogens (primary N) is 1. The maximum Gasteiger partial charge on any atom is 0.170 e. The molecule has 0 aromatic heterocycles. The molecule has 2 aromatic rings. The van der Waals surface area contributed by atoms with Crippen molar-refractivity contribution in [2.75, 3.05) is 5.32 Å². The van der Waals surface area contributed by atoms with E-state index >= 15 is 0 Å². The second kappa shape index (κ2) is 6.78. The largest absolute Gasteiger partial charge is 0.409 e. The number of halogens is 3. The van der Waals surface area contributed by atoms with Gasteiger partial charge in [-0.2, -0.15) is 0 Å². The fourth-order valence-corrected chi connectivity index (χ4v) is 2.56. The highest BCUT2D eigenvalue weighted by Crippen LogP contribution is 2.26. The summed E-state index contributed by atoms with van der Waals surface area (Å²) in [5.41, 5.74) is 7.30. The van der Waals surface area contributed by atoms with Crippen molar-refractivity contribution in [3.05, 3.63) is 62.8 Å². The SMILES string of the molecule is NC(=NO)c1cc(F)ccc1CNc1ccc(Br)cc1Cl. The van der Waals surface area contributed by atoms with E-state index in [0.717, 1.165) is 10.2 Å². The van der Waals surface area contributed by atoms with E-state index in [-0.39, 0.29) is 5.84 Å². The van der Waals surface area contributed by atoms with Gasteiger partial charge < -0.3 is 16.3 Å². The van der Waals surface area contributed by atoms with Crippen molar-refractivity contribution < 1.29 is 9.60 Å².